The molecular formula is C18H20N4O4S. The minimum atomic E-state index is -0.457. The third-order valence-electron chi connectivity index (χ3n) is 5.36. The van der Waals surface area contributed by atoms with Gasteiger partial charge >= 0.3 is 0 Å². The lowest BCUT2D eigenvalue weighted by atomic mass is 9.94. The van der Waals surface area contributed by atoms with E-state index in [-0.39, 0.29) is 35.9 Å². The van der Waals surface area contributed by atoms with Crippen molar-refractivity contribution in [2.24, 2.45) is 5.92 Å². The number of nitro benzene ring substituents is 1. The first-order chi connectivity index (χ1) is 13.0. The minimum absolute atomic E-state index is 0.00598. The molecule has 8 nitrogen and oxygen atoms in total. The molecule has 4 rings (SSSR count). The zero-order chi connectivity index (χ0) is 19.0. The Labute approximate surface area is 159 Å². The van der Waals surface area contributed by atoms with Gasteiger partial charge in [0.2, 0.25) is 11.8 Å². The van der Waals surface area contributed by atoms with Crippen LogP contribution in [0, 0.1) is 16.0 Å². The maximum absolute atomic E-state index is 12.6. The van der Waals surface area contributed by atoms with E-state index in [0.29, 0.717) is 21.9 Å². The van der Waals surface area contributed by atoms with Gasteiger partial charge in [0.15, 0.2) is 5.13 Å². The molecule has 2 amide bonds. The van der Waals surface area contributed by atoms with E-state index in [0.717, 1.165) is 25.7 Å². The fourth-order valence-corrected chi connectivity index (χ4v) is 4.84. The van der Waals surface area contributed by atoms with Crippen molar-refractivity contribution in [1.82, 2.24) is 9.88 Å². The van der Waals surface area contributed by atoms with Gasteiger partial charge in [-0.3, -0.25) is 19.7 Å². The Kier molecular flexibility index (Phi) is 4.77. The third kappa shape index (κ3) is 3.64. The van der Waals surface area contributed by atoms with E-state index in [1.807, 2.05) is 4.90 Å². The number of likely N-dealkylation sites (tertiary alicyclic amines) is 1. The van der Waals surface area contributed by atoms with Crippen LogP contribution in [0.2, 0.25) is 0 Å². The first-order valence-corrected chi connectivity index (χ1v) is 9.98. The molecule has 2 aromatic rings. The minimum Gasteiger partial charge on any atom is -0.339 e. The van der Waals surface area contributed by atoms with Crippen molar-refractivity contribution in [2.75, 3.05) is 11.9 Å². The molecule has 2 fully saturated rings. The van der Waals surface area contributed by atoms with Gasteiger partial charge in [0, 0.05) is 31.1 Å². The van der Waals surface area contributed by atoms with E-state index >= 15 is 0 Å². The van der Waals surface area contributed by atoms with E-state index in [4.69, 9.17) is 0 Å². The molecule has 1 aromatic carbocycles. The first-order valence-electron chi connectivity index (χ1n) is 9.16. The Morgan fingerprint density at radius 1 is 1.30 bits per heavy atom. The van der Waals surface area contributed by atoms with Crippen LogP contribution in [0.5, 0.6) is 0 Å². The number of anilines is 1. The number of nitrogens with one attached hydrogen (secondary N) is 1. The van der Waals surface area contributed by atoms with Gasteiger partial charge in [0.1, 0.15) is 0 Å². The summed E-state index contributed by atoms with van der Waals surface area (Å²) in [5.41, 5.74) is 0.598. The fraction of sp³-hybridized carbons (Fsp3) is 0.500. The highest BCUT2D eigenvalue weighted by molar-refractivity contribution is 7.22. The van der Waals surface area contributed by atoms with Gasteiger partial charge in [-0.1, -0.05) is 30.6 Å². The summed E-state index contributed by atoms with van der Waals surface area (Å²) in [4.78, 5) is 41.6. The normalized spacial score (nSPS) is 21.0. The lowest BCUT2D eigenvalue weighted by Crippen LogP contribution is -2.38. The highest BCUT2D eigenvalue weighted by Crippen LogP contribution is 2.31. The molecule has 2 aliphatic rings. The Morgan fingerprint density at radius 2 is 2.07 bits per heavy atom. The number of nitro groups is 1. The van der Waals surface area contributed by atoms with Gasteiger partial charge in [0.25, 0.3) is 5.69 Å². The zero-order valence-electron chi connectivity index (χ0n) is 14.7. The van der Waals surface area contributed by atoms with Crippen LogP contribution in [0.4, 0.5) is 10.8 Å². The molecule has 9 heteroatoms. The molecule has 1 aromatic heterocycles. The van der Waals surface area contributed by atoms with Gasteiger partial charge in [-0.05, 0) is 18.9 Å². The molecule has 1 N–H and O–H groups in total. The average Bonchev–Trinajstić information content (AvgIpc) is 3.24. The monoisotopic (exact) mass is 388 g/mol. The maximum atomic E-state index is 12.6. The van der Waals surface area contributed by atoms with Crippen molar-refractivity contribution >= 4 is 44.2 Å². The van der Waals surface area contributed by atoms with Crippen LogP contribution >= 0.6 is 11.3 Å². The number of hydrogen-bond donors (Lipinski definition) is 1. The van der Waals surface area contributed by atoms with E-state index in [2.05, 4.69) is 10.3 Å². The van der Waals surface area contributed by atoms with E-state index < -0.39 is 4.92 Å². The number of hydrogen-bond acceptors (Lipinski definition) is 6. The number of non-ortho nitro benzene ring substituents is 1. The van der Waals surface area contributed by atoms with Crippen LogP contribution in [0.15, 0.2) is 18.2 Å². The molecular weight excluding hydrogens is 368 g/mol. The molecule has 142 valence electrons. The van der Waals surface area contributed by atoms with Crippen LogP contribution in [-0.2, 0) is 9.59 Å². The molecule has 0 radical (unpaired) electrons. The Hall–Kier alpha value is -2.55. The molecule has 1 atom stereocenters. The predicted octanol–water partition coefficient (Wildman–Crippen LogP) is 3.32. The molecule has 1 aliphatic carbocycles. The van der Waals surface area contributed by atoms with Crippen molar-refractivity contribution in [3.8, 4) is 0 Å². The summed E-state index contributed by atoms with van der Waals surface area (Å²) in [5.74, 6) is -0.530. The van der Waals surface area contributed by atoms with Crippen LogP contribution in [0.25, 0.3) is 10.2 Å². The molecule has 2 heterocycles. The van der Waals surface area contributed by atoms with Crippen molar-refractivity contribution in [2.45, 2.75) is 44.6 Å². The molecule has 1 aliphatic heterocycles. The third-order valence-corrected chi connectivity index (χ3v) is 6.29. The number of fused-ring (bicyclic) bond motifs is 1. The number of rotatable bonds is 4. The number of benzene rings is 1. The quantitative estimate of drug-likeness (QED) is 0.639. The Morgan fingerprint density at radius 3 is 2.81 bits per heavy atom. The molecule has 1 unspecified atom stereocenters. The van der Waals surface area contributed by atoms with Crippen LogP contribution in [0.1, 0.15) is 38.5 Å². The van der Waals surface area contributed by atoms with Crippen molar-refractivity contribution < 1.29 is 14.5 Å². The molecule has 27 heavy (non-hydrogen) atoms. The van der Waals surface area contributed by atoms with Crippen LogP contribution < -0.4 is 5.32 Å². The SMILES string of the molecule is O=C(Nc1nc2ccc([N+](=O)[O-])cc2s1)C1CC(=O)N(C2CCCCC2)C1. The first kappa shape index (κ1) is 17.8. The zero-order valence-corrected chi connectivity index (χ0v) is 15.5. The van der Waals surface area contributed by atoms with Crippen molar-refractivity contribution in [3.63, 3.8) is 0 Å². The second-order valence-electron chi connectivity index (χ2n) is 7.16. The second-order valence-corrected chi connectivity index (χ2v) is 8.19. The highest BCUT2D eigenvalue weighted by Gasteiger charge is 2.38. The molecule has 0 bridgehead atoms. The van der Waals surface area contributed by atoms with E-state index in [1.165, 1.54) is 29.9 Å². The summed E-state index contributed by atoms with van der Waals surface area (Å²) < 4.78 is 0.644. The van der Waals surface area contributed by atoms with Gasteiger partial charge in [-0.25, -0.2) is 4.98 Å². The number of thiazole rings is 1. The maximum Gasteiger partial charge on any atom is 0.270 e. The standard InChI is InChI=1S/C18H20N4O4S/c23-16-8-11(10-21(16)12-4-2-1-3-5-12)17(24)20-18-19-14-7-6-13(22(25)26)9-15(14)27-18/h6-7,9,11-12H,1-5,8,10H2,(H,19,20,24). The largest absolute Gasteiger partial charge is 0.339 e. The van der Waals surface area contributed by atoms with Crippen LogP contribution in [0.3, 0.4) is 0 Å². The summed E-state index contributed by atoms with van der Waals surface area (Å²) in [6, 6.07) is 4.69. The average molecular weight is 388 g/mol. The van der Waals surface area contributed by atoms with E-state index in [1.54, 1.807) is 6.07 Å². The summed E-state index contributed by atoms with van der Waals surface area (Å²) in [6.45, 7) is 0.464. The van der Waals surface area contributed by atoms with Gasteiger partial charge in [-0.2, -0.15) is 0 Å². The van der Waals surface area contributed by atoms with Crippen LogP contribution in [-0.4, -0.2) is 39.2 Å². The number of carbonyl (C=O) groups is 2. The predicted molar refractivity (Wildman–Crippen MR) is 102 cm³/mol. The van der Waals surface area contributed by atoms with Crippen molar-refractivity contribution in [1.29, 1.82) is 0 Å². The molecule has 1 saturated heterocycles. The Bertz CT molecular complexity index is 906. The van der Waals surface area contributed by atoms with Gasteiger partial charge in [-0.15, -0.1) is 0 Å². The number of amides is 2. The van der Waals surface area contributed by atoms with Gasteiger partial charge in [0.05, 0.1) is 21.1 Å². The highest BCUT2D eigenvalue weighted by atomic mass is 32.1. The molecule has 0 spiro atoms. The van der Waals surface area contributed by atoms with E-state index in [9.17, 15) is 19.7 Å². The second kappa shape index (κ2) is 7.22. The summed E-state index contributed by atoms with van der Waals surface area (Å²) >= 11 is 1.20. The summed E-state index contributed by atoms with van der Waals surface area (Å²) in [6.07, 6.45) is 5.79. The lowest BCUT2D eigenvalue weighted by molar-refractivity contribution is -0.384. The molecule has 1 saturated carbocycles. The van der Waals surface area contributed by atoms with Crippen molar-refractivity contribution in [3.05, 3.63) is 28.3 Å². The number of aromatic nitrogens is 1. The fourth-order valence-electron chi connectivity index (χ4n) is 3.94. The summed E-state index contributed by atoms with van der Waals surface area (Å²) in [7, 11) is 0. The summed E-state index contributed by atoms with van der Waals surface area (Å²) in [5, 5.41) is 14.1. The number of carbonyl (C=O) groups excluding carboxylic acids is 2. The lowest BCUT2D eigenvalue weighted by Gasteiger charge is -2.31. The van der Waals surface area contributed by atoms with Gasteiger partial charge < -0.3 is 10.2 Å². The number of nitrogens with zero attached hydrogens (tertiary/aromatic N) is 3. The Balaban J connectivity index is 1.43. The smallest absolute Gasteiger partial charge is 0.270 e. The topological polar surface area (TPSA) is 105 Å².